The fourth-order valence-electron chi connectivity index (χ4n) is 3.20. The van der Waals surface area contributed by atoms with E-state index in [4.69, 9.17) is 0 Å². The number of para-hydroxylation sites is 1. The van der Waals surface area contributed by atoms with E-state index in [9.17, 15) is 13.2 Å². The van der Waals surface area contributed by atoms with Gasteiger partial charge in [-0.05, 0) is 36.4 Å². The first kappa shape index (κ1) is 23.7. The van der Waals surface area contributed by atoms with E-state index in [2.05, 4.69) is 15.5 Å². The number of carbonyl (C=O) groups excluding carboxylic acids is 1. The van der Waals surface area contributed by atoms with Crippen molar-refractivity contribution in [2.45, 2.75) is 10.1 Å². The highest BCUT2D eigenvalue weighted by Crippen LogP contribution is 2.28. The number of amides is 1. The van der Waals surface area contributed by atoms with Gasteiger partial charge in [0, 0.05) is 31.0 Å². The van der Waals surface area contributed by atoms with Crippen molar-refractivity contribution in [2.24, 2.45) is 0 Å². The molecule has 10 heteroatoms. The summed E-state index contributed by atoms with van der Waals surface area (Å²) in [6.45, 7) is 0. The van der Waals surface area contributed by atoms with Crippen molar-refractivity contribution in [1.29, 1.82) is 0 Å². The van der Waals surface area contributed by atoms with Gasteiger partial charge in [-0.1, -0.05) is 60.3 Å². The van der Waals surface area contributed by atoms with Gasteiger partial charge >= 0.3 is 0 Å². The lowest BCUT2D eigenvalue weighted by Crippen LogP contribution is -2.22. The summed E-state index contributed by atoms with van der Waals surface area (Å²) >= 11 is 1.27. The normalized spacial score (nSPS) is 11.5. The average Bonchev–Trinajstić information content (AvgIpc) is 3.28. The predicted octanol–water partition coefficient (Wildman–Crippen LogP) is 3.92. The third kappa shape index (κ3) is 5.19. The first-order chi connectivity index (χ1) is 16.4. The van der Waals surface area contributed by atoms with Gasteiger partial charge < -0.3 is 5.32 Å². The zero-order valence-corrected chi connectivity index (χ0v) is 20.3. The Kier molecular flexibility index (Phi) is 7.11. The van der Waals surface area contributed by atoms with Gasteiger partial charge in [-0.15, -0.1) is 10.2 Å². The number of hydrogen-bond acceptors (Lipinski definition) is 6. The molecule has 0 saturated carbocycles. The number of benzene rings is 3. The van der Waals surface area contributed by atoms with Crippen molar-refractivity contribution in [1.82, 2.24) is 19.1 Å². The van der Waals surface area contributed by atoms with Gasteiger partial charge in [0.2, 0.25) is 15.9 Å². The lowest BCUT2D eigenvalue weighted by molar-refractivity contribution is -0.113. The van der Waals surface area contributed by atoms with Crippen LogP contribution in [0.4, 0.5) is 5.69 Å². The molecule has 0 aliphatic heterocycles. The van der Waals surface area contributed by atoms with Crippen LogP contribution in [0.25, 0.3) is 17.1 Å². The Balaban J connectivity index is 1.50. The molecule has 8 nitrogen and oxygen atoms in total. The molecule has 0 aliphatic carbocycles. The van der Waals surface area contributed by atoms with E-state index in [0.29, 0.717) is 16.7 Å². The number of carbonyl (C=O) groups is 1. The topological polar surface area (TPSA) is 97.2 Å². The van der Waals surface area contributed by atoms with Gasteiger partial charge in [0.1, 0.15) is 0 Å². The van der Waals surface area contributed by atoms with E-state index < -0.39 is 10.0 Å². The first-order valence-corrected chi connectivity index (χ1v) is 12.8. The highest BCUT2D eigenvalue weighted by Gasteiger charge is 2.18. The van der Waals surface area contributed by atoms with E-state index in [1.165, 1.54) is 38.0 Å². The predicted molar refractivity (Wildman–Crippen MR) is 133 cm³/mol. The van der Waals surface area contributed by atoms with Crippen LogP contribution in [0.2, 0.25) is 0 Å². The average molecular weight is 494 g/mol. The molecule has 0 radical (unpaired) electrons. The molecule has 4 aromatic rings. The largest absolute Gasteiger partial charge is 0.325 e. The maximum atomic E-state index is 12.6. The van der Waals surface area contributed by atoms with E-state index in [-0.39, 0.29) is 16.6 Å². The SMILES string of the molecule is CN(C)S(=O)(=O)c1ccc(NC(=O)CSc2nnc(-c3ccccc3)n2-c2ccccc2)cc1. The lowest BCUT2D eigenvalue weighted by atomic mass is 10.2. The third-order valence-electron chi connectivity index (χ3n) is 4.93. The van der Waals surface area contributed by atoms with Crippen molar-refractivity contribution in [3.05, 3.63) is 84.9 Å². The minimum atomic E-state index is -3.52. The summed E-state index contributed by atoms with van der Waals surface area (Å²) in [5, 5.41) is 12.1. The molecule has 0 fully saturated rings. The van der Waals surface area contributed by atoms with E-state index in [0.717, 1.165) is 15.6 Å². The molecular formula is C24H23N5O3S2. The van der Waals surface area contributed by atoms with Crippen LogP contribution in [0.1, 0.15) is 0 Å². The number of sulfonamides is 1. The van der Waals surface area contributed by atoms with Crippen molar-refractivity contribution in [3.8, 4) is 17.1 Å². The highest BCUT2D eigenvalue weighted by molar-refractivity contribution is 7.99. The summed E-state index contributed by atoms with van der Waals surface area (Å²) in [4.78, 5) is 12.7. The highest BCUT2D eigenvalue weighted by atomic mass is 32.2. The standard InChI is InChI=1S/C24H23N5O3S2/c1-28(2)34(31,32)21-15-13-19(14-16-21)25-22(30)17-33-24-27-26-23(18-9-5-3-6-10-18)29(24)20-11-7-4-8-12-20/h3-16H,17H2,1-2H3,(H,25,30). The van der Waals surface area contributed by atoms with E-state index in [1.54, 1.807) is 12.1 Å². The number of anilines is 1. The van der Waals surface area contributed by atoms with Crippen molar-refractivity contribution >= 4 is 33.4 Å². The first-order valence-electron chi connectivity index (χ1n) is 10.4. The molecule has 1 heterocycles. The van der Waals surface area contributed by atoms with Gasteiger partial charge in [0.25, 0.3) is 0 Å². The van der Waals surface area contributed by atoms with Crippen LogP contribution in [0.3, 0.4) is 0 Å². The number of rotatable bonds is 8. The molecular weight excluding hydrogens is 470 g/mol. The minimum absolute atomic E-state index is 0.109. The van der Waals surface area contributed by atoms with Crippen LogP contribution in [0.15, 0.2) is 95.0 Å². The Morgan fingerprint density at radius 2 is 1.53 bits per heavy atom. The quantitative estimate of drug-likeness (QED) is 0.374. The maximum Gasteiger partial charge on any atom is 0.242 e. The molecule has 3 aromatic carbocycles. The zero-order chi connectivity index (χ0) is 24.1. The Morgan fingerprint density at radius 1 is 0.912 bits per heavy atom. The smallest absolute Gasteiger partial charge is 0.242 e. The second-order valence-corrected chi connectivity index (χ2v) is 10.6. The number of aromatic nitrogens is 3. The fourth-order valence-corrected chi connectivity index (χ4v) is 4.85. The number of hydrogen-bond donors (Lipinski definition) is 1. The monoisotopic (exact) mass is 493 g/mol. The summed E-state index contributed by atoms with van der Waals surface area (Å²) < 4.78 is 27.5. The molecule has 1 N–H and O–H groups in total. The molecule has 4 rings (SSSR count). The van der Waals surface area contributed by atoms with Crippen LogP contribution in [0, 0.1) is 0 Å². The van der Waals surface area contributed by atoms with Crippen LogP contribution in [-0.4, -0.2) is 53.2 Å². The summed E-state index contributed by atoms with van der Waals surface area (Å²) in [6, 6.07) is 25.5. The van der Waals surface area contributed by atoms with E-state index >= 15 is 0 Å². The molecule has 174 valence electrons. The number of nitrogens with zero attached hydrogens (tertiary/aromatic N) is 4. The fraction of sp³-hybridized carbons (Fsp3) is 0.125. The van der Waals surface area contributed by atoms with Crippen LogP contribution >= 0.6 is 11.8 Å². The Labute approximate surface area is 202 Å². The van der Waals surface area contributed by atoms with E-state index in [1.807, 2.05) is 65.2 Å². The Morgan fingerprint density at radius 3 is 2.15 bits per heavy atom. The van der Waals surface area contributed by atoms with Gasteiger partial charge in [-0.25, -0.2) is 12.7 Å². The number of thioether (sulfide) groups is 1. The molecule has 1 amide bonds. The van der Waals surface area contributed by atoms with Crippen molar-refractivity contribution in [2.75, 3.05) is 25.2 Å². The summed E-state index contributed by atoms with van der Waals surface area (Å²) in [7, 11) is -0.578. The Bertz CT molecular complexity index is 1370. The Hall–Kier alpha value is -3.47. The molecule has 0 aliphatic rings. The summed E-state index contributed by atoms with van der Waals surface area (Å²) in [6.07, 6.45) is 0. The summed E-state index contributed by atoms with van der Waals surface area (Å²) in [5.74, 6) is 0.557. The summed E-state index contributed by atoms with van der Waals surface area (Å²) in [5.41, 5.74) is 2.33. The van der Waals surface area contributed by atoms with Gasteiger partial charge in [-0.2, -0.15) is 0 Å². The minimum Gasteiger partial charge on any atom is -0.325 e. The second kappa shape index (κ2) is 10.2. The molecule has 0 unspecified atom stereocenters. The zero-order valence-electron chi connectivity index (χ0n) is 18.6. The molecule has 0 saturated heterocycles. The van der Waals surface area contributed by atoms with Crippen molar-refractivity contribution in [3.63, 3.8) is 0 Å². The molecule has 0 bridgehead atoms. The van der Waals surface area contributed by atoms with Crippen LogP contribution in [-0.2, 0) is 14.8 Å². The molecule has 0 spiro atoms. The van der Waals surface area contributed by atoms with Crippen molar-refractivity contribution < 1.29 is 13.2 Å². The van der Waals surface area contributed by atoms with Gasteiger partial charge in [-0.3, -0.25) is 9.36 Å². The lowest BCUT2D eigenvalue weighted by Gasteiger charge is -2.12. The van der Waals surface area contributed by atoms with Crippen LogP contribution in [0.5, 0.6) is 0 Å². The third-order valence-corrected chi connectivity index (χ3v) is 7.69. The molecule has 0 atom stereocenters. The van der Waals surface area contributed by atoms with Gasteiger partial charge in [0.15, 0.2) is 11.0 Å². The maximum absolute atomic E-state index is 12.6. The second-order valence-electron chi connectivity index (χ2n) is 7.49. The van der Waals surface area contributed by atoms with Crippen LogP contribution < -0.4 is 5.32 Å². The molecule has 34 heavy (non-hydrogen) atoms. The number of nitrogens with one attached hydrogen (secondary N) is 1. The van der Waals surface area contributed by atoms with Gasteiger partial charge in [0.05, 0.1) is 10.6 Å². The molecule has 1 aromatic heterocycles.